The minimum Gasteiger partial charge on any atom is -0.454 e. The van der Waals surface area contributed by atoms with E-state index < -0.39 is 0 Å². The number of guanidine groups is 1. The van der Waals surface area contributed by atoms with E-state index in [9.17, 15) is 4.79 Å². The maximum atomic E-state index is 12.1. The van der Waals surface area contributed by atoms with E-state index in [0.717, 1.165) is 49.8 Å². The summed E-state index contributed by atoms with van der Waals surface area (Å²) in [7, 11) is 0. The number of benzene rings is 1. The van der Waals surface area contributed by atoms with Gasteiger partial charge in [0.15, 0.2) is 17.5 Å². The van der Waals surface area contributed by atoms with E-state index in [1.807, 2.05) is 19.1 Å². The SMILES string of the molecule is CCNC(=NCCC(=O)NC1CCCCC1)NCCc1ccc2c(c1)OCO2.I. The fraction of sp³-hybridized carbons (Fsp3) is 0.619. The zero-order valence-electron chi connectivity index (χ0n) is 17.2. The lowest BCUT2D eigenvalue weighted by molar-refractivity contribution is -0.121. The molecule has 0 bridgehead atoms. The van der Waals surface area contributed by atoms with Crippen molar-refractivity contribution in [2.45, 2.75) is 57.9 Å². The van der Waals surface area contributed by atoms with Crippen molar-refractivity contribution in [3.63, 3.8) is 0 Å². The normalized spacial score (nSPS) is 16.1. The molecular weight excluding hydrogens is 483 g/mol. The summed E-state index contributed by atoms with van der Waals surface area (Å²) in [4.78, 5) is 16.6. The van der Waals surface area contributed by atoms with Gasteiger partial charge in [-0.15, -0.1) is 24.0 Å². The van der Waals surface area contributed by atoms with E-state index in [0.29, 0.717) is 25.8 Å². The molecule has 3 rings (SSSR count). The molecule has 1 saturated carbocycles. The molecule has 1 aromatic carbocycles. The summed E-state index contributed by atoms with van der Waals surface area (Å²) < 4.78 is 10.8. The van der Waals surface area contributed by atoms with E-state index in [2.05, 4.69) is 27.0 Å². The zero-order valence-corrected chi connectivity index (χ0v) is 19.5. The summed E-state index contributed by atoms with van der Waals surface area (Å²) in [5, 5.41) is 9.69. The van der Waals surface area contributed by atoms with Crippen LogP contribution in [-0.4, -0.2) is 44.3 Å². The molecule has 1 amide bonds. The van der Waals surface area contributed by atoms with Gasteiger partial charge in [0.1, 0.15) is 0 Å². The first-order chi connectivity index (χ1) is 13.7. The predicted octanol–water partition coefficient (Wildman–Crippen LogP) is 2.97. The summed E-state index contributed by atoms with van der Waals surface area (Å²) in [5.74, 6) is 2.46. The van der Waals surface area contributed by atoms with Crippen LogP contribution in [-0.2, 0) is 11.2 Å². The molecule has 0 saturated heterocycles. The molecule has 1 fully saturated rings. The summed E-state index contributed by atoms with van der Waals surface area (Å²) in [5.41, 5.74) is 1.18. The number of hydrogen-bond acceptors (Lipinski definition) is 4. The number of fused-ring (bicyclic) bond motifs is 1. The van der Waals surface area contributed by atoms with Crippen LogP contribution < -0.4 is 25.4 Å². The van der Waals surface area contributed by atoms with E-state index in [-0.39, 0.29) is 29.9 Å². The summed E-state index contributed by atoms with van der Waals surface area (Å²) in [6.07, 6.45) is 7.24. The second kappa shape index (κ2) is 12.8. The van der Waals surface area contributed by atoms with Crippen LogP contribution in [0.15, 0.2) is 23.2 Å². The lowest BCUT2D eigenvalue weighted by atomic mass is 9.95. The third-order valence-electron chi connectivity index (χ3n) is 5.07. The molecule has 0 spiro atoms. The molecule has 8 heteroatoms. The van der Waals surface area contributed by atoms with Gasteiger partial charge in [0, 0.05) is 25.6 Å². The smallest absolute Gasteiger partial charge is 0.231 e. The molecule has 3 N–H and O–H groups in total. The first-order valence-electron chi connectivity index (χ1n) is 10.4. The van der Waals surface area contributed by atoms with E-state index in [4.69, 9.17) is 9.47 Å². The predicted molar refractivity (Wildman–Crippen MR) is 125 cm³/mol. The van der Waals surface area contributed by atoms with Crippen molar-refractivity contribution in [1.82, 2.24) is 16.0 Å². The van der Waals surface area contributed by atoms with Crippen molar-refractivity contribution >= 4 is 35.8 Å². The van der Waals surface area contributed by atoms with Crippen molar-refractivity contribution in [1.29, 1.82) is 0 Å². The van der Waals surface area contributed by atoms with Gasteiger partial charge in [-0.25, -0.2) is 0 Å². The fourth-order valence-corrected chi connectivity index (χ4v) is 3.58. The summed E-state index contributed by atoms with van der Waals surface area (Å²) >= 11 is 0. The van der Waals surface area contributed by atoms with Crippen LogP contribution >= 0.6 is 24.0 Å². The van der Waals surface area contributed by atoms with Gasteiger partial charge in [-0.05, 0) is 43.9 Å². The number of carbonyl (C=O) groups is 1. The third-order valence-corrected chi connectivity index (χ3v) is 5.07. The van der Waals surface area contributed by atoms with Gasteiger partial charge in [-0.3, -0.25) is 9.79 Å². The third kappa shape index (κ3) is 7.91. The van der Waals surface area contributed by atoms with Crippen LogP contribution in [0.4, 0.5) is 0 Å². The van der Waals surface area contributed by atoms with Crippen molar-refractivity contribution < 1.29 is 14.3 Å². The van der Waals surface area contributed by atoms with Gasteiger partial charge < -0.3 is 25.4 Å². The van der Waals surface area contributed by atoms with Crippen LogP contribution in [0, 0.1) is 0 Å². The van der Waals surface area contributed by atoms with Crippen LogP contribution in [0.2, 0.25) is 0 Å². The monoisotopic (exact) mass is 516 g/mol. The molecule has 1 heterocycles. The van der Waals surface area contributed by atoms with Crippen molar-refractivity contribution in [3.8, 4) is 11.5 Å². The zero-order chi connectivity index (χ0) is 19.6. The number of rotatable bonds is 8. The number of carbonyl (C=O) groups excluding carboxylic acids is 1. The Labute approximate surface area is 190 Å². The highest BCUT2D eigenvalue weighted by atomic mass is 127. The van der Waals surface area contributed by atoms with Crippen LogP contribution in [0.25, 0.3) is 0 Å². The van der Waals surface area contributed by atoms with Gasteiger partial charge in [-0.2, -0.15) is 0 Å². The molecule has 1 aliphatic carbocycles. The highest BCUT2D eigenvalue weighted by Gasteiger charge is 2.15. The Kier molecular flexibility index (Phi) is 10.4. The van der Waals surface area contributed by atoms with Gasteiger partial charge in [0.05, 0.1) is 6.54 Å². The van der Waals surface area contributed by atoms with Crippen LogP contribution in [0.1, 0.15) is 51.0 Å². The lowest BCUT2D eigenvalue weighted by Crippen LogP contribution is -2.39. The highest BCUT2D eigenvalue weighted by Crippen LogP contribution is 2.32. The summed E-state index contributed by atoms with van der Waals surface area (Å²) in [6, 6.07) is 6.37. The largest absolute Gasteiger partial charge is 0.454 e. The quantitative estimate of drug-likeness (QED) is 0.281. The van der Waals surface area contributed by atoms with Crippen molar-refractivity contribution in [2.75, 3.05) is 26.4 Å². The van der Waals surface area contributed by atoms with Crippen molar-refractivity contribution in [2.24, 2.45) is 4.99 Å². The Hall–Kier alpha value is -1.71. The molecule has 29 heavy (non-hydrogen) atoms. The summed E-state index contributed by atoms with van der Waals surface area (Å²) in [6.45, 7) is 4.34. The molecule has 2 aliphatic rings. The number of ether oxygens (including phenoxy) is 2. The van der Waals surface area contributed by atoms with Gasteiger partial charge in [-0.1, -0.05) is 25.3 Å². The van der Waals surface area contributed by atoms with Crippen LogP contribution in [0.5, 0.6) is 11.5 Å². The first kappa shape index (κ1) is 23.6. The molecule has 1 aliphatic heterocycles. The number of nitrogens with zero attached hydrogens (tertiary/aromatic N) is 1. The fourth-order valence-electron chi connectivity index (χ4n) is 3.58. The van der Waals surface area contributed by atoms with Gasteiger partial charge in [0.25, 0.3) is 0 Å². The maximum Gasteiger partial charge on any atom is 0.231 e. The maximum absolute atomic E-state index is 12.1. The standard InChI is InChI=1S/C21H32N4O3.HI/c1-2-22-21(24-13-11-20(26)25-17-6-4-3-5-7-17)23-12-10-16-8-9-18-19(14-16)28-15-27-18;/h8-9,14,17H,2-7,10-13,15H2,1H3,(H,25,26)(H2,22,23,24);1H. The highest BCUT2D eigenvalue weighted by molar-refractivity contribution is 14.0. The Morgan fingerprint density at radius 1 is 1.14 bits per heavy atom. The number of nitrogens with one attached hydrogen (secondary N) is 3. The van der Waals surface area contributed by atoms with E-state index >= 15 is 0 Å². The molecule has 7 nitrogen and oxygen atoms in total. The first-order valence-corrected chi connectivity index (χ1v) is 10.4. The molecular formula is C21H33IN4O3. The topological polar surface area (TPSA) is 84.0 Å². The minimum atomic E-state index is 0. The van der Waals surface area contributed by atoms with Gasteiger partial charge in [0.2, 0.25) is 12.7 Å². The Balaban J connectivity index is 0.00000300. The molecule has 0 atom stereocenters. The number of aliphatic imine (C=N–C) groups is 1. The molecule has 0 unspecified atom stereocenters. The number of halogens is 1. The lowest BCUT2D eigenvalue weighted by Gasteiger charge is -2.22. The molecule has 0 radical (unpaired) electrons. The number of amides is 1. The van der Waals surface area contributed by atoms with E-state index in [1.54, 1.807) is 0 Å². The van der Waals surface area contributed by atoms with Crippen molar-refractivity contribution in [3.05, 3.63) is 23.8 Å². The second-order valence-electron chi connectivity index (χ2n) is 7.28. The molecule has 1 aromatic rings. The average molecular weight is 516 g/mol. The minimum absolute atomic E-state index is 0. The van der Waals surface area contributed by atoms with Gasteiger partial charge >= 0.3 is 0 Å². The Bertz CT molecular complexity index is 678. The van der Waals surface area contributed by atoms with Crippen LogP contribution in [0.3, 0.4) is 0 Å². The Morgan fingerprint density at radius 3 is 2.72 bits per heavy atom. The Morgan fingerprint density at radius 2 is 1.93 bits per heavy atom. The molecule has 0 aromatic heterocycles. The molecule has 162 valence electrons. The second-order valence-corrected chi connectivity index (χ2v) is 7.28. The van der Waals surface area contributed by atoms with E-state index in [1.165, 1.54) is 24.8 Å². The number of hydrogen-bond donors (Lipinski definition) is 3. The average Bonchev–Trinajstić information content (AvgIpc) is 3.16.